The molecule has 0 aliphatic carbocycles. The highest BCUT2D eigenvalue weighted by atomic mass is 32.1. The molecule has 3 N–H and O–H groups in total. The van der Waals surface area contributed by atoms with Gasteiger partial charge < -0.3 is 20.6 Å². The van der Waals surface area contributed by atoms with Gasteiger partial charge in [0.05, 0.1) is 34.3 Å². The van der Waals surface area contributed by atoms with Crippen LogP contribution in [-0.2, 0) is 9.59 Å². The molecule has 1 aromatic heterocycles. The molecule has 0 spiro atoms. The quantitative estimate of drug-likeness (QED) is 0.555. The third-order valence-corrected chi connectivity index (χ3v) is 7.23. The number of benzene rings is 1. The maximum Gasteiger partial charge on any atom is 0.243 e. The zero-order valence-electron chi connectivity index (χ0n) is 21.3. The molecule has 1 aromatic carbocycles. The Bertz CT molecular complexity index is 996. The number of nitrogens with zero attached hydrogens (tertiary/aromatic N) is 2. The maximum atomic E-state index is 13.5. The van der Waals surface area contributed by atoms with E-state index in [0.29, 0.717) is 0 Å². The summed E-state index contributed by atoms with van der Waals surface area (Å²) in [6.45, 7) is 14.1. The Labute approximate surface area is 207 Å². The van der Waals surface area contributed by atoms with Crippen LogP contribution >= 0.6 is 11.3 Å². The van der Waals surface area contributed by atoms with E-state index in [9.17, 15) is 14.7 Å². The number of aliphatic hydroxyl groups excluding tert-OH is 1. The van der Waals surface area contributed by atoms with Gasteiger partial charge in [-0.1, -0.05) is 58.9 Å². The lowest BCUT2D eigenvalue weighted by molar-refractivity contribution is -0.142. The first-order chi connectivity index (χ1) is 15.9. The molecule has 1 aliphatic rings. The number of aromatic nitrogens is 1. The van der Waals surface area contributed by atoms with Crippen LogP contribution in [0.25, 0.3) is 10.4 Å². The van der Waals surface area contributed by atoms with Crippen LogP contribution in [0, 0.1) is 12.3 Å². The number of aryl methyl sites for hydroxylation is 1. The summed E-state index contributed by atoms with van der Waals surface area (Å²) in [6.07, 6.45) is -0.469. The molecule has 4 atom stereocenters. The molecule has 1 unspecified atom stereocenters. The van der Waals surface area contributed by atoms with E-state index in [1.807, 2.05) is 78.2 Å². The number of nitrogens with one attached hydrogen (secondary N) is 2. The van der Waals surface area contributed by atoms with E-state index in [2.05, 4.69) is 15.6 Å². The number of aliphatic hydroxyl groups is 1. The topological polar surface area (TPSA) is 94.6 Å². The number of thiazole rings is 1. The van der Waals surface area contributed by atoms with Gasteiger partial charge in [-0.3, -0.25) is 9.59 Å². The molecule has 0 saturated carbocycles. The first-order valence-corrected chi connectivity index (χ1v) is 12.8. The Morgan fingerprint density at radius 1 is 1.18 bits per heavy atom. The fourth-order valence-corrected chi connectivity index (χ4v) is 5.20. The van der Waals surface area contributed by atoms with Crippen LogP contribution in [0.3, 0.4) is 0 Å². The monoisotopic (exact) mass is 486 g/mol. The second-order valence-electron chi connectivity index (χ2n) is 10.6. The maximum absolute atomic E-state index is 13.5. The molecule has 1 fully saturated rings. The van der Waals surface area contributed by atoms with Crippen LogP contribution in [0.2, 0.25) is 0 Å². The van der Waals surface area contributed by atoms with E-state index in [4.69, 9.17) is 0 Å². The van der Waals surface area contributed by atoms with Crippen molar-refractivity contribution in [2.75, 3.05) is 6.54 Å². The summed E-state index contributed by atoms with van der Waals surface area (Å²) in [5, 5.41) is 16.7. The van der Waals surface area contributed by atoms with Gasteiger partial charge in [-0.05, 0) is 30.4 Å². The van der Waals surface area contributed by atoms with Crippen LogP contribution < -0.4 is 10.6 Å². The Hall–Kier alpha value is -2.29. The van der Waals surface area contributed by atoms with E-state index < -0.39 is 18.2 Å². The molecule has 1 aliphatic heterocycles. The third-order valence-electron chi connectivity index (χ3n) is 6.25. The predicted octanol–water partition coefficient (Wildman–Crippen LogP) is 3.67. The minimum atomic E-state index is -0.711. The van der Waals surface area contributed by atoms with Gasteiger partial charge in [-0.2, -0.15) is 0 Å². The third kappa shape index (κ3) is 6.03. The summed E-state index contributed by atoms with van der Waals surface area (Å²) in [7, 11) is 0. The van der Waals surface area contributed by atoms with Gasteiger partial charge in [0.1, 0.15) is 6.04 Å². The number of hydrogen-bond donors (Lipinski definition) is 3. The standard InChI is InChI=1S/C26H38N4O3S/c1-15(2)28-23(26(5,6)7)25(33)30-13-20(31)12-21(30)24(32)29-16(3)18-8-10-19(11-9-18)22-17(4)27-14-34-22/h8-11,14-16,20-21,23,28,31H,12-13H2,1-7H3,(H,29,32)/t16-,20+,21?,23+/m0/s1. The highest BCUT2D eigenvalue weighted by Gasteiger charge is 2.44. The highest BCUT2D eigenvalue weighted by Crippen LogP contribution is 2.29. The van der Waals surface area contributed by atoms with Crippen molar-refractivity contribution in [3.63, 3.8) is 0 Å². The van der Waals surface area contributed by atoms with Gasteiger partial charge in [-0.25, -0.2) is 4.98 Å². The van der Waals surface area contributed by atoms with E-state index in [1.165, 1.54) is 0 Å². The molecule has 0 radical (unpaired) electrons. The molecule has 0 bridgehead atoms. The Balaban J connectivity index is 1.72. The lowest BCUT2D eigenvalue weighted by atomic mass is 9.85. The number of β-amino-alcohol motifs (C(OH)–C–C–N with tert-alkyl or cyclic N) is 1. The largest absolute Gasteiger partial charge is 0.391 e. The molecule has 34 heavy (non-hydrogen) atoms. The molecule has 8 heteroatoms. The molecule has 2 amide bonds. The molecular formula is C26H38N4O3S. The van der Waals surface area contributed by atoms with E-state index in [-0.39, 0.29) is 42.3 Å². The highest BCUT2D eigenvalue weighted by molar-refractivity contribution is 7.13. The van der Waals surface area contributed by atoms with E-state index in [0.717, 1.165) is 21.7 Å². The van der Waals surface area contributed by atoms with E-state index >= 15 is 0 Å². The number of carbonyl (C=O) groups is 2. The van der Waals surface area contributed by atoms with Crippen molar-refractivity contribution in [2.24, 2.45) is 5.41 Å². The SMILES string of the molecule is Cc1ncsc1-c1ccc([C@H](C)NC(=O)C2C[C@@H](O)CN2C(=O)[C@@H](NC(C)C)C(C)(C)C)cc1. The molecule has 1 saturated heterocycles. The zero-order valence-corrected chi connectivity index (χ0v) is 22.1. The predicted molar refractivity (Wildman–Crippen MR) is 136 cm³/mol. The van der Waals surface area contributed by atoms with Crippen molar-refractivity contribution in [3.05, 3.63) is 41.0 Å². The smallest absolute Gasteiger partial charge is 0.243 e. The van der Waals surface area contributed by atoms with Crippen molar-refractivity contribution in [1.82, 2.24) is 20.5 Å². The molecule has 3 rings (SSSR count). The van der Waals surface area contributed by atoms with Crippen molar-refractivity contribution < 1.29 is 14.7 Å². The summed E-state index contributed by atoms with van der Waals surface area (Å²) in [4.78, 5) is 33.7. The van der Waals surface area contributed by atoms with Gasteiger partial charge >= 0.3 is 0 Å². The Kier molecular flexibility index (Phi) is 8.16. The number of rotatable bonds is 7. The Morgan fingerprint density at radius 2 is 1.82 bits per heavy atom. The summed E-state index contributed by atoms with van der Waals surface area (Å²) < 4.78 is 0. The zero-order chi connectivity index (χ0) is 25.2. The van der Waals surface area contributed by atoms with Crippen LogP contribution in [-0.4, -0.2) is 57.6 Å². The number of carbonyl (C=O) groups excluding carboxylic acids is 2. The minimum Gasteiger partial charge on any atom is -0.391 e. The van der Waals surface area contributed by atoms with E-state index in [1.54, 1.807) is 16.2 Å². The summed E-state index contributed by atoms with van der Waals surface area (Å²) in [5.41, 5.74) is 4.59. The van der Waals surface area contributed by atoms with Crippen molar-refractivity contribution in [1.29, 1.82) is 0 Å². The van der Waals surface area contributed by atoms with Crippen LogP contribution in [0.5, 0.6) is 0 Å². The van der Waals surface area contributed by atoms with Crippen LogP contribution in [0.1, 0.15) is 65.3 Å². The fraction of sp³-hybridized carbons (Fsp3) is 0.577. The summed E-state index contributed by atoms with van der Waals surface area (Å²) in [6, 6.07) is 6.84. The molecule has 2 aromatic rings. The lowest BCUT2D eigenvalue weighted by Gasteiger charge is -2.36. The molecule has 2 heterocycles. The van der Waals surface area contributed by atoms with Gasteiger partial charge in [-0.15, -0.1) is 11.3 Å². The van der Waals surface area contributed by atoms with Gasteiger partial charge in [0.15, 0.2) is 0 Å². The van der Waals surface area contributed by atoms with Crippen LogP contribution in [0.4, 0.5) is 0 Å². The first-order valence-electron chi connectivity index (χ1n) is 11.9. The minimum absolute atomic E-state index is 0.115. The van der Waals surface area contributed by atoms with Gasteiger partial charge in [0.25, 0.3) is 0 Å². The molecule has 7 nitrogen and oxygen atoms in total. The molecule has 186 valence electrons. The van der Waals surface area contributed by atoms with Crippen molar-refractivity contribution in [2.45, 2.75) is 85.2 Å². The number of amides is 2. The number of likely N-dealkylation sites (tertiary alicyclic amines) is 1. The van der Waals surface area contributed by atoms with Crippen molar-refractivity contribution in [3.8, 4) is 10.4 Å². The summed E-state index contributed by atoms with van der Waals surface area (Å²) >= 11 is 1.61. The van der Waals surface area contributed by atoms with Gasteiger partial charge in [0.2, 0.25) is 11.8 Å². The van der Waals surface area contributed by atoms with Gasteiger partial charge in [0, 0.05) is 19.0 Å². The van der Waals surface area contributed by atoms with Crippen LogP contribution in [0.15, 0.2) is 29.8 Å². The number of hydrogen-bond acceptors (Lipinski definition) is 6. The summed E-state index contributed by atoms with van der Waals surface area (Å²) in [5.74, 6) is -0.383. The van der Waals surface area contributed by atoms with Crippen molar-refractivity contribution >= 4 is 23.2 Å². The second kappa shape index (κ2) is 10.5. The average molecular weight is 487 g/mol. The first kappa shape index (κ1) is 26.3. The fourth-order valence-electron chi connectivity index (χ4n) is 4.39. The molecular weight excluding hydrogens is 448 g/mol. The second-order valence-corrected chi connectivity index (χ2v) is 11.5. The normalized spacial score (nSPS) is 20.4. The lowest BCUT2D eigenvalue weighted by Crippen LogP contribution is -2.57. The Morgan fingerprint density at radius 3 is 2.35 bits per heavy atom. The average Bonchev–Trinajstić information content (AvgIpc) is 3.36.